The van der Waals surface area contributed by atoms with Gasteiger partial charge in [-0.3, -0.25) is 9.97 Å². The Morgan fingerprint density at radius 3 is 1.46 bits per heavy atom. The molecule has 0 saturated heterocycles. The van der Waals surface area contributed by atoms with Crippen LogP contribution in [0, 0.1) is 0 Å². The molecule has 0 aliphatic rings. The van der Waals surface area contributed by atoms with E-state index in [0.717, 1.165) is 24.2 Å². The number of nitrogens with zero attached hydrogens (tertiary/aromatic N) is 2. The molecule has 4 nitrogen and oxygen atoms in total. The van der Waals surface area contributed by atoms with E-state index in [1.54, 1.807) is 0 Å². The van der Waals surface area contributed by atoms with E-state index in [-0.39, 0.29) is 0 Å². The van der Waals surface area contributed by atoms with Gasteiger partial charge in [0.05, 0.1) is 26.4 Å². The number of rotatable bonds is 10. The largest absolute Gasteiger partial charge is 0.376 e. The number of aromatic nitrogens is 2. The van der Waals surface area contributed by atoms with E-state index in [9.17, 15) is 0 Å². The summed E-state index contributed by atoms with van der Waals surface area (Å²) in [6.45, 7) is 2.50. The lowest BCUT2D eigenvalue weighted by atomic mass is 10.1. The van der Waals surface area contributed by atoms with Crippen molar-refractivity contribution in [3.8, 4) is 0 Å². The summed E-state index contributed by atoms with van der Waals surface area (Å²) in [6.07, 6.45) is 5.27. The van der Waals surface area contributed by atoms with Gasteiger partial charge in [0.1, 0.15) is 0 Å². The summed E-state index contributed by atoms with van der Waals surface area (Å²) in [5.41, 5.74) is 4.45. The first-order chi connectivity index (χ1) is 12.9. The summed E-state index contributed by atoms with van der Waals surface area (Å²) in [5.74, 6) is 0. The molecular weight excluding hydrogens is 324 g/mol. The Kier molecular flexibility index (Phi) is 7.32. The molecule has 2 heterocycles. The Hall–Kier alpha value is -2.56. The van der Waals surface area contributed by atoms with Crippen LogP contribution in [0.5, 0.6) is 0 Å². The SMILES string of the molecule is c1ccc(CCOCc2ccccc2COCCc2ccccn2)nc1. The predicted octanol–water partition coefficient (Wildman–Crippen LogP) is 4.00. The van der Waals surface area contributed by atoms with E-state index in [1.165, 1.54) is 11.1 Å². The van der Waals surface area contributed by atoms with Gasteiger partial charge < -0.3 is 9.47 Å². The molecule has 26 heavy (non-hydrogen) atoms. The van der Waals surface area contributed by atoms with Gasteiger partial charge in [-0.15, -0.1) is 0 Å². The van der Waals surface area contributed by atoms with Crippen molar-refractivity contribution in [1.29, 1.82) is 0 Å². The van der Waals surface area contributed by atoms with Gasteiger partial charge in [-0.2, -0.15) is 0 Å². The molecule has 0 atom stereocenters. The fourth-order valence-corrected chi connectivity index (χ4v) is 2.65. The highest BCUT2D eigenvalue weighted by atomic mass is 16.5. The summed E-state index contributed by atoms with van der Waals surface area (Å²) in [6, 6.07) is 20.2. The van der Waals surface area contributed by atoms with Crippen molar-refractivity contribution in [3.05, 3.63) is 95.6 Å². The molecule has 2 aromatic heterocycles. The van der Waals surface area contributed by atoms with Crippen molar-refractivity contribution in [2.75, 3.05) is 13.2 Å². The minimum Gasteiger partial charge on any atom is -0.376 e. The van der Waals surface area contributed by atoms with Crippen molar-refractivity contribution < 1.29 is 9.47 Å². The lowest BCUT2D eigenvalue weighted by Gasteiger charge is -2.11. The molecule has 0 bridgehead atoms. The molecule has 1 aromatic carbocycles. The molecule has 4 heteroatoms. The van der Waals surface area contributed by atoms with Crippen LogP contribution in [0.15, 0.2) is 73.1 Å². The lowest BCUT2D eigenvalue weighted by Crippen LogP contribution is -2.05. The van der Waals surface area contributed by atoms with Gasteiger partial charge in [-0.05, 0) is 35.4 Å². The number of benzene rings is 1. The summed E-state index contributed by atoms with van der Waals surface area (Å²) in [7, 11) is 0. The van der Waals surface area contributed by atoms with Crippen LogP contribution in [0.4, 0.5) is 0 Å². The molecule has 0 unspecified atom stereocenters. The molecule has 134 valence electrons. The minimum atomic E-state index is 0.590. The quantitative estimate of drug-likeness (QED) is 0.520. The van der Waals surface area contributed by atoms with Crippen molar-refractivity contribution in [2.24, 2.45) is 0 Å². The summed E-state index contributed by atoms with van der Waals surface area (Å²) in [5, 5.41) is 0. The monoisotopic (exact) mass is 348 g/mol. The predicted molar refractivity (Wildman–Crippen MR) is 102 cm³/mol. The normalized spacial score (nSPS) is 10.8. The van der Waals surface area contributed by atoms with Gasteiger partial charge in [0.25, 0.3) is 0 Å². The van der Waals surface area contributed by atoms with Crippen molar-refractivity contribution >= 4 is 0 Å². The smallest absolute Gasteiger partial charge is 0.0720 e. The van der Waals surface area contributed by atoms with Crippen LogP contribution >= 0.6 is 0 Å². The summed E-state index contributed by atoms with van der Waals surface area (Å²) >= 11 is 0. The molecule has 0 spiro atoms. The molecule has 0 saturated carbocycles. The van der Waals surface area contributed by atoms with E-state index >= 15 is 0 Å². The van der Waals surface area contributed by atoms with Crippen LogP contribution in [0.3, 0.4) is 0 Å². The third-order valence-corrected chi connectivity index (χ3v) is 4.09. The van der Waals surface area contributed by atoms with Crippen LogP contribution < -0.4 is 0 Å². The maximum absolute atomic E-state index is 5.83. The second-order valence-electron chi connectivity index (χ2n) is 6.02. The highest BCUT2D eigenvalue weighted by molar-refractivity contribution is 5.25. The molecular formula is C22H24N2O2. The molecule has 0 N–H and O–H groups in total. The highest BCUT2D eigenvalue weighted by Gasteiger charge is 2.03. The third-order valence-electron chi connectivity index (χ3n) is 4.09. The molecule has 3 rings (SSSR count). The van der Waals surface area contributed by atoms with Gasteiger partial charge in [0.15, 0.2) is 0 Å². The average molecular weight is 348 g/mol. The molecule has 0 radical (unpaired) electrons. The zero-order valence-corrected chi connectivity index (χ0v) is 14.9. The first-order valence-electron chi connectivity index (χ1n) is 8.94. The zero-order chi connectivity index (χ0) is 17.9. The number of hydrogen-bond acceptors (Lipinski definition) is 4. The second-order valence-corrected chi connectivity index (χ2v) is 6.02. The van der Waals surface area contributed by atoms with Crippen molar-refractivity contribution in [2.45, 2.75) is 26.1 Å². The van der Waals surface area contributed by atoms with E-state index in [0.29, 0.717) is 26.4 Å². The third kappa shape index (κ3) is 6.06. The van der Waals surface area contributed by atoms with Gasteiger partial charge in [-0.1, -0.05) is 36.4 Å². The number of ether oxygens (including phenoxy) is 2. The van der Waals surface area contributed by atoms with Crippen molar-refractivity contribution in [1.82, 2.24) is 9.97 Å². The topological polar surface area (TPSA) is 44.2 Å². The Balaban J connectivity index is 1.41. The van der Waals surface area contributed by atoms with Crippen LogP contribution in [0.25, 0.3) is 0 Å². The molecule has 3 aromatic rings. The Bertz CT molecular complexity index is 697. The zero-order valence-electron chi connectivity index (χ0n) is 14.9. The van der Waals surface area contributed by atoms with E-state index in [2.05, 4.69) is 22.1 Å². The maximum Gasteiger partial charge on any atom is 0.0720 e. The van der Waals surface area contributed by atoms with E-state index < -0.39 is 0 Å². The number of pyridine rings is 2. The summed E-state index contributed by atoms with van der Waals surface area (Å²) in [4.78, 5) is 8.62. The number of hydrogen-bond donors (Lipinski definition) is 0. The molecule has 0 aliphatic carbocycles. The molecule has 0 fully saturated rings. The fraction of sp³-hybridized carbons (Fsp3) is 0.273. The molecule has 0 amide bonds. The van der Waals surface area contributed by atoms with Crippen LogP contribution in [0.1, 0.15) is 22.5 Å². The second kappa shape index (κ2) is 10.4. The van der Waals surface area contributed by atoms with Gasteiger partial charge in [0.2, 0.25) is 0 Å². The average Bonchev–Trinajstić information content (AvgIpc) is 2.71. The van der Waals surface area contributed by atoms with E-state index in [1.807, 2.05) is 60.9 Å². The molecule has 0 aliphatic heterocycles. The Morgan fingerprint density at radius 2 is 1.04 bits per heavy atom. The minimum absolute atomic E-state index is 0.590. The van der Waals surface area contributed by atoms with Crippen molar-refractivity contribution in [3.63, 3.8) is 0 Å². The Morgan fingerprint density at radius 1 is 0.577 bits per heavy atom. The van der Waals surface area contributed by atoms with Gasteiger partial charge in [0, 0.05) is 36.6 Å². The van der Waals surface area contributed by atoms with Crippen LogP contribution in [-0.4, -0.2) is 23.2 Å². The van der Waals surface area contributed by atoms with E-state index in [4.69, 9.17) is 9.47 Å². The first-order valence-corrected chi connectivity index (χ1v) is 8.94. The highest BCUT2D eigenvalue weighted by Crippen LogP contribution is 2.12. The van der Waals surface area contributed by atoms with Crippen LogP contribution in [-0.2, 0) is 35.5 Å². The maximum atomic E-state index is 5.83. The van der Waals surface area contributed by atoms with Gasteiger partial charge >= 0.3 is 0 Å². The van der Waals surface area contributed by atoms with Gasteiger partial charge in [-0.25, -0.2) is 0 Å². The standard InChI is InChI=1S/C22H24N2O2/c1-2-8-20(18-26-16-12-22-10-4-6-14-24-22)19(7-1)17-25-15-11-21-9-3-5-13-23-21/h1-10,13-14H,11-12,15-18H2. The fourth-order valence-electron chi connectivity index (χ4n) is 2.65. The van der Waals surface area contributed by atoms with Crippen LogP contribution in [0.2, 0.25) is 0 Å². The summed E-state index contributed by atoms with van der Waals surface area (Å²) < 4.78 is 11.7. The lowest BCUT2D eigenvalue weighted by molar-refractivity contribution is 0.109. The first kappa shape index (κ1) is 18.2. The Labute approximate surface area is 154 Å².